The molecule has 0 bridgehead atoms. The molecule has 8 heteroatoms. The molecule has 1 aromatic heterocycles. The highest BCUT2D eigenvalue weighted by Crippen LogP contribution is 2.40. The van der Waals surface area contributed by atoms with Crippen LogP contribution < -0.4 is 4.74 Å². The van der Waals surface area contributed by atoms with Gasteiger partial charge in [0, 0.05) is 11.6 Å². The molecule has 1 fully saturated rings. The minimum atomic E-state index is -0.375. The van der Waals surface area contributed by atoms with Crippen molar-refractivity contribution in [2.24, 2.45) is 0 Å². The van der Waals surface area contributed by atoms with Gasteiger partial charge in [-0.3, -0.25) is 9.36 Å². The molecule has 1 atom stereocenters. The molecule has 150 valence electrons. The maximum Gasteiger partial charge on any atom is 0.192 e. The lowest BCUT2D eigenvalue weighted by molar-refractivity contribution is 0.0994. The van der Waals surface area contributed by atoms with E-state index in [0.29, 0.717) is 33.4 Å². The van der Waals surface area contributed by atoms with Crippen LogP contribution in [0.15, 0.2) is 53.7 Å². The molecule has 1 aliphatic carbocycles. The molecule has 1 heterocycles. The molecule has 0 N–H and O–H groups in total. The van der Waals surface area contributed by atoms with Crippen LogP contribution in [0.4, 0.5) is 4.39 Å². The van der Waals surface area contributed by atoms with Gasteiger partial charge in [-0.25, -0.2) is 4.39 Å². The summed E-state index contributed by atoms with van der Waals surface area (Å²) in [6.45, 7) is 2.07. The first kappa shape index (κ1) is 19.9. The van der Waals surface area contributed by atoms with Gasteiger partial charge < -0.3 is 4.74 Å². The largest absolute Gasteiger partial charge is 0.484 e. The molecule has 3 aromatic rings. The van der Waals surface area contributed by atoms with Crippen molar-refractivity contribution >= 4 is 29.1 Å². The summed E-state index contributed by atoms with van der Waals surface area (Å²) >= 11 is 7.50. The molecule has 0 radical (unpaired) electrons. The Balaban J connectivity index is 1.48. The standard InChI is InChI=1S/C21H19ClFN3O2S/c1-13(20(27)14-6-8-15(23)9-7-14)29-21-25-24-19(26(21)16-10-11-16)12-28-18-5-3-2-4-17(18)22/h2-9,13,16H,10-12H2,1H3. The smallest absolute Gasteiger partial charge is 0.192 e. The Labute approximate surface area is 177 Å². The zero-order valence-electron chi connectivity index (χ0n) is 15.7. The topological polar surface area (TPSA) is 57.0 Å². The second kappa shape index (κ2) is 8.55. The second-order valence-electron chi connectivity index (χ2n) is 6.85. The molecular weight excluding hydrogens is 413 g/mol. The fraction of sp³-hybridized carbons (Fsp3) is 0.286. The molecule has 0 spiro atoms. The molecular formula is C21H19ClFN3O2S. The maximum absolute atomic E-state index is 13.1. The summed E-state index contributed by atoms with van der Waals surface area (Å²) in [7, 11) is 0. The molecule has 1 unspecified atom stereocenters. The van der Waals surface area contributed by atoms with E-state index in [4.69, 9.17) is 16.3 Å². The van der Waals surface area contributed by atoms with Gasteiger partial charge in [0.1, 0.15) is 18.2 Å². The lowest BCUT2D eigenvalue weighted by Gasteiger charge is -2.13. The van der Waals surface area contributed by atoms with Crippen LogP contribution in [0, 0.1) is 5.82 Å². The first-order valence-corrected chi connectivity index (χ1v) is 10.6. The van der Waals surface area contributed by atoms with Crippen LogP contribution in [-0.2, 0) is 6.61 Å². The summed E-state index contributed by atoms with van der Waals surface area (Å²) in [5.74, 6) is 0.859. The number of carbonyl (C=O) groups excluding carboxylic acids is 1. The maximum atomic E-state index is 13.1. The van der Waals surface area contributed by atoms with Gasteiger partial charge in [0.2, 0.25) is 0 Å². The normalized spacial score (nSPS) is 14.6. The van der Waals surface area contributed by atoms with Crippen LogP contribution in [0.25, 0.3) is 0 Å². The van der Waals surface area contributed by atoms with Crippen molar-refractivity contribution in [2.75, 3.05) is 0 Å². The molecule has 0 saturated heterocycles. The second-order valence-corrected chi connectivity index (χ2v) is 8.57. The van der Waals surface area contributed by atoms with E-state index >= 15 is 0 Å². The van der Waals surface area contributed by atoms with Crippen LogP contribution >= 0.6 is 23.4 Å². The van der Waals surface area contributed by atoms with Crippen molar-refractivity contribution in [3.05, 3.63) is 70.8 Å². The van der Waals surface area contributed by atoms with E-state index in [1.54, 1.807) is 12.1 Å². The Morgan fingerprint density at radius 1 is 1.24 bits per heavy atom. The Kier molecular flexibility index (Phi) is 5.87. The quantitative estimate of drug-likeness (QED) is 0.355. The number of nitrogens with zero attached hydrogens (tertiary/aromatic N) is 3. The Hall–Kier alpha value is -2.38. The third kappa shape index (κ3) is 4.62. The molecule has 29 heavy (non-hydrogen) atoms. The third-order valence-corrected chi connectivity index (χ3v) is 5.99. The van der Waals surface area contributed by atoms with Crippen LogP contribution in [0.2, 0.25) is 5.02 Å². The SMILES string of the molecule is CC(Sc1nnc(COc2ccccc2Cl)n1C1CC1)C(=O)c1ccc(F)cc1. The van der Waals surface area contributed by atoms with Crippen molar-refractivity contribution in [3.63, 3.8) is 0 Å². The number of ether oxygens (including phenoxy) is 1. The lowest BCUT2D eigenvalue weighted by atomic mass is 10.1. The molecule has 1 saturated carbocycles. The molecule has 0 amide bonds. The van der Waals surface area contributed by atoms with E-state index in [0.717, 1.165) is 12.8 Å². The van der Waals surface area contributed by atoms with Crippen molar-refractivity contribution in [1.82, 2.24) is 14.8 Å². The van der Waals surface area contributed by atoms with Crippen LogP contribution in [-0.4, -0.2) is 25.8 Å². The van der Waals surface area contributed by atoms with Crippen molar-refractivity contribution in [1.29, 1.82) is 0 Å². The van der Waals surface area contributed by atoms with E-state index in [2.05, 4.69) is 14.8 Å². The molecule has 5 nitrogen and oxygen atoms in total. The number of hydrogen-bond acceptors (Lipinski definition) is 5. The number of Topliss-reactive ketones (excluding diaryl/α,β-unsaturated/α-hetero) is 1. The van der Waals surface area contributed by atoms with Gasteiger partial charge in [0.25, 0.3) is 0 Å². The Morgan fingerprint density at radius 3 is 2.66 bits per heavy atom. The van der Waals surface area contributed by atoms with Gasteiger partial charge in [-0.2, -0.15) is 0 Å². The fourth-order valence-corrected chi connectivity index (χ4v) is 4.16. The van der Waals surface area contributed by atoms with Gasteiger partial charge in [0.15, 0.2) is 16.8 Å². The number of rotatable bonds is 8. The predicted molar refractivity (Wildman–Crippen MR) is 110 cm³/mol. The summed E-state index contributed by atoms with van der Waals surface area (Å²) in [5.41, 5.74) is 0.478. The van der Waals surface area contributed by atoms with Crippen molar-refractivity contribution < 1.29 is 13.9 Å². The zero-order chi connectivity index (χ0) is 20.4. The van der Waals surface area contributed by atoms with E-state index in [-0.39, 0.29) is 23.5 Å². The van der Waals surface area contributed by atoms with E-state index in [1.165, 1.54) is 36.0 Å². The minimum absolute atomic E-state index is 0.0748. The molecule has 0 aliphatic heterocycles. The number of benzene rings is 2. The minimum Gasteiger partial charge on any atom is -0.484 e. The summed E-state index contributed by atoms with van der Waals surface area (Å²) in [5, 5.41) is 9.43. The van der Waals surface area contributed by atoms with Gasteiger partial charge in [-0.1, -0.05) is 35.5 Å². The summed E-state index contributed by atoms with van der Waals surface area (Å²) in [4.78, 5) is 12.7. The number of ketones is 1. The van der Waals surface area contributed by atoms with Crippen LogP contribution in [0.3, 0.4) is 0 Å². The number of thioether (sulfide) groups is 1. The summed E-state index contributed by atoms with van der Waals surface area (Å²) in [6.07, 6.45) is 2.09. The van der Waals surface area contributed by atoms with Gasteiger partial charge in [-0.15, -0.1) is 10.2 Å². The number of carbonyl (C=O) groups is 1. The van der Waals surface area contributed by atoms with E-state index in [9.17, 15) is 9.18 Å². The average Bonchev–Trinajstić information content (AvgIpc) is 3.48. The fourth-order valence-electron chi connectivity index (χ4n) is 2.95. The first-order chi connectivity index (χ1) is 14.0. The van der Waals surface area contributed by atoms with Crippen LogP contribution in [0.1, 0.15) is 42.0 Å². The monoisotopic (exact) mass is 431 g/mol. The highest BCUT2D eigenvalue weighted by Gasteiger charge is 2.31. The Morgan fingerprint density at radius 2 is 1.97 bits per heavy atom. The van der Waals surface area contributed by atoms with Gasteiger partial charge in [-0.05, 0) is 56.2 Å². The number of para-hydroxylation sites is 1. The molecule has 1 aliphatic rings. The van der Waals surface area contributed by atoms with E-state index < -0.39 is 0 Å². The third-order valence-electron chi connectivity index (χ3n) is 4.62. The number of aromatic nitrogens is 3. The highest BCUT2D eigenvalue weighted by molar-refractivity contribution is 8.00. The number of halogens is 2. The Bertz CT molecular complexity index is 1020. The molecule has 2 aromatic carbocycles. The number of hydrogen-bond donors (Lipinski definition) is 0. The predicted octanol–water partition coefficient (Wildman–Crippen LogP) is 5.35. The summed E-state index contributed by atoms with van der Waals surface area (Å²) in [6, 6.07) is 13.2. The summed E-state index contributed by atoms with van der Waals surface area (Å²) < 4.78 is 21.0. The average molecular weight is 432 g/mol. The van der Waals surface area contributed by atoms with Gasteiger partial charge >= 0.3 is 0 Å². The van der Waals surface area contributed by atoms with E-state index in [1.807, 2.05) is 19.1 Å². The van der Waals surface area contributed by atoms with Crippen molar-refractivity contribution in [3.8, 4) is 5.75 Å². The highest BCUT2D eigenvalue weighted by atomic mass is 35.5. The molecule has 4 rings (SSSR count). The van der Waals surface area contributed by atoms with Crippen molar-refractivity contribution in [2.45, 2.75) is 42.8 Å². The first-order valence-electron chi connectivity index (χ1n) is 9.30. The zero-order valence-corrected chi connectivity index (χ0v) is 17.3. The van der Waals surface area contributed by atoms with Crippen LogP contribution in [0.5, 0.6) is 5.75 Å². The van der Waals surface area contributed by atoms with Gasteiger partial charge in [0.05, 0.1) is 10.3 Å². The lowest BCUT2D eigenvalue weighted by Crippen LogP contribution is -2.15.